The molecule has 1 unspecified atom stereocenters. The second kappa shape index (κ2) is 9.73. The predicted octanol–water partition coefficient (Wildman–Crippen LogP) is 4.59. The third kappa shape index (κ3) is 7.17. The summed E-state index contributed by atoms with van der Waals surface area (Å²) in [7, 11) is 0. The fourth-order valence-corrected chi connectivity index (χ4v) is 2.74. The van der Waals surface area contributed by atoms with E-state index in [1.807, 2.05) is 0 Å². The van der Waals surface area contributed by atoms with Gasteiger partial charge in [-0.25, -0.2) is 0 Å². The molecule has 0 saturated carbocycles. The van der Waals surface area contributed by atoms with Crippen LogP contribution < -0.4 is 10.1 Å². The van der Waals surface area contributed by atoms with Crippen LogP contribution in [0.3, 0.4) is 0 Å². The van der Waals surface area contributed by atoms with Gasteiger partial charge in [-0.2, -0.15) is 13.2 Å². The minimum absolute atomic E-state index is 0.0310. The fourth-order valence-electron chi connectivity index (χ4n) is 2.74. The molecule has 8 heteroatoms. The number of carbonyl (C=O) groups excluding carboxylic acids is 2. The molecule has 2 aromatic rings. The number of hydrogen-bond acceptors (Lipinski definition) is 4. The van der Waals surface area contributed by atoms with Gasteiger partial charge in [0.05, 0.1) is 6.04 Å². The number of benzene rings is 1. The number of amides is 1. The molecule has 2 rings (SSSR count). The van der Waals surface area contributed by atoms with E-state index in [2.05, 4.69) is 10.3 Å². The average molecular weight is 422 g/mol. The number of pyridine rings is 1. The predicted molar refractivity (Wildman–Crippen MR) is 106 cm³/mol. The van der Waals surface area contributed by atoms with E-state index in [0.717, 1.165) is 0 Å². The van der Waals surface area contributed by atoms with Crippen molar-refractivity contribution in [3.05, 3.63) is 58.9 Å². The molecule has 1 aromatic carbocycles. The molecule has 0 aliphatic carbocycles. The third-order valence-corrected chi connectivity index (χ3v) is 4.38. The van der Waals surface area contributed by atoms with Gasteiger partial charge >= 0.3 is 6.18 Å². The SMILES string of the molecule is Cc1cc(C(=O)NC(C)c2cccc(OCC(F)(F)F)c2)cc(CC(=O)C(C)C)n1. The van der Waals surface area contributed by atoms with Gasteiger partial charge in [0.25, 0.3) is 5.91 Å². The Morgan fingerprint density at radius 2 is 1.83 bits per heavy atom. The molecule has 1 atom stereocenters. The minimum Gasteiger partial charge on any atom is -0.484 e. The Morgan fingerprint density at radius 1 is 1.13 bits per heavy atom. The van der Waals surface area contributed by atoms with Crippen molar-refractivity contribution in [2.24, 2.45) is 5.92 Å². The van der Waals surface area contributed by atoms with Gasteiger partial charge in [0.15, 0.2) is 6.61 Å². The molecule has 30 heavy (non-hydrogen) atoms. The molecule has 1 heterocycles. The lowest BCUT2D eigenvalue weighted by Crippen LogP contribution is -2.27. The van der Waals surface area contributed by atoms with Crippen LogP contribution in [0, 0.1) is 12.8 Å². The number of aromatic nitrogens is 1. The molecule has 0 aliphatic heterocycles. The van der Waals surface area contributed by atoms with Gasteiger partial charge < -0.3 is 10.1 Å². The van der Waals surface area contributed by atoms with E-state index in [-0.39, 0.29) is 29.8 Å². The second-order valence-electron chi connectivity index (χ2n) is 7.46. The summed E-state index contributed by atoms with van der Waals surface area (Å²) >= 11 is 0. The van der Waals surface area contributed by atoms with Gasteiger partial charge in [0.2, 0.25) is 0 Å². The Labute approximate surface area is 173 Å². The maximum absolute atomic E-state index is 12.7. The second-order valence-corrected chi connectivity index (χ2v) is 7.46. The number of nitrogens with one attached hydrogen (secondary N) is 1. The van der Waals surface area contributed by atoms with Gasteiger partial charge in [0.1, 0.15) is 11.5 Å². The van der Waals surface area contributed by atoms with E-state index in [1.54, 1.807) is 52.0 Å². The Hall–Kier alpha value is -2.90. The van der Waals surface area contributed by atoms with Crippen molar-refractivity contribution in [3.63, 3.8) is 0 Å². The van der Waals surface area contributed by atoms with Crippen molar-refractivity contribution in [2.45, 2.75) is 46.3 Å². The lowest BCUT2D eigenvalue weighted by Gasteiger charge is -2.17. The first-order valence-electron chi connectivity index (χ1n) is 9.55. The zero-order chi connectivity index (χ0) is 22.5. The highest BCUT2D eigenvalue weighted by atomic mass is 19.4. The van der Waals surface area contributed by atoms with Crippen LogP contribution in [0.2, 0.25) is 0 Å². The summed E-state index contributed by atoms with van der Waals surface area (Å²) in [5, 5.41) is 2.81. The van der Waals surface area contributed by atoms with Crippen LogP contribution >= 0.6 is 0 Å². The first-order valence-corrected chi connectivity index (χ1v) is 9.55. The average Bonchev–Trinajstić information content (AvgIpc) is 2.65. The van der Waals surface area contributed by atoms with Crippen molar-refractivity contribution in [1.82, 2.24) is 10.3 Å². The first kappa shape index (κ1) is 23.4. The Bertz CT molecular complexity index is 911. The van der Waals surface area contributed by atoms with Gasteiger partial charge in [-0.1, -0.05) is 26.0 Å². The molecule has 0 fully saturated rings. The number of aryl methyl sites for hydroxylation is 1. The maximum atomic E-state index is 12.7. The molecule has 1 N–H and O–H groups in total. The van der Waals surface area contributed by atoms with Crippen LogP contribution in [-0.2, 0) is 11.2 Å². The van der Waals surface area contributed by atoms with Gasteiger partial charge in [-0.05, 0) is 43.7 Å². The topological polar surface area (TPSA) is 68.3 Å². The Morgan fingerprint density at radius 3 is 2.47 bits per heavy atom. The zero-order valence-corrected chi connectivity index (χ0v) is 17.3. The smallest absolute Gasteiger partial charge is 0.422 e. The zero-order valence-electron chi connectivity index (χ0n) is 17.3. The Kier molecular flexibility index (Phi) is 7.59. The summed E-state index contributed by atoms with van der Waals surface area (Å²) in [6.07, 6.45) is -4.28. The molecule has 0 aliphatic rings. The number of hydrogen-bond donors (Lipinski definition) is 1. The Balaban J connectivity index is 2.10. The number of alkyl halides is 3. The number of ether oxygens (including phenoxy) is 1. The fraction of sp³-hybridized carbons (Fsp3) is 0.409. The summed E-state index contributed by atoms with van der Waals surface area (Å²) in [6, 6.07) is 8.87. The molecule has 0 spiro atoms. The van der Waals surface area contributed by atoms with Crippen molar-refractivity contribution in [2.75, 3.05) is 6.61 Å². The van der Waals surface area contributed by atoms with Crippen molar-refractivity contribution in [3.8, 4) is 5.75 Å². The molecule has 0 radical (unpaired) electrons. The van der Waals surface area contributed by atoms with E-state index in [9.17, 15) is 22.8 Å². The van der Waals surface area contributed by atoms with E-state index < -0.39 is 18.8 Å². The van der Waals surface area contributed by atoms with Gasteiger partial charge in [-0.15, -0.1) is 0 Å². The van der Waals surface area contributed by atoms with Crippen LogP contribution in [0.25, 0.3) is 0 Å². The quantitative estimate of drug-likeness (QED) is 0.676. The summed E-state index contributed by atoms with van der Waals surface area (Å²) in [6.45, 7) is 5.69. The molecule has 1 amide bonds. The molecule has 162 valence electrons. The summed E-state index contributed by atoms with van der Waals surface area (Å²) < 4.78 is 41.8. The molecule has 5 nitrogen and oxygen atoms in total. The van der Waals surface area contributed by atoms with Crippen LogP contribution in [0.5, 0.6) is 5.75 Å². The molecule has 0 bridgehead atoms. The van der Waals surface area contributed by atoms with E-state index >= 15 is 0 Å². The van der Waals surface area contributed by atoms with Crippen LogP contribution in [0.1, 0.15) is 54.1 Å². The van der Waals surface area contributed by atoms with Crippen molar-refractivity contribution < 1.29 is 27.5 Å². The number of ketones is 1. The third-order valence-electron chi connectivity index (χ3n) is 4.38. The van der Waals surface area contributed by atoms with Crippen molar-refractivity contribution >= 4 is 11.7 Å². The molecule has 0 saturated heterocycles. The molecular weight excluding hydrogens is 397 g/mol. The number of nitrogens with zero attached hydrogens (tertiary/aromatic N) is 1. The number of halogens is 3. The monoisotopic (exact) mass is 422 g/mol. The lowest BCUT2D eigenvalue weighted by atomic mass is 10.0. The first-order chi connectivity index (χ1) is 13.9. The summed E-state index contributed by atoms with van der Waals surface area (Å²) in [5.74, 6) is -0.395. The minimum atomic E-state index is -4.43. The van der Waals surface area contributed by atoms with Gasteiger partial charge in [-0.3, -0.25) is 14.6 Å². The standard InChI is InChI=1S/C22H25F3N2O3/c1-13(2)20(28)11-18-9-17(8-14(3)26-18)21(29)27-15(4)16-6-5-7-19(10-16)30-12-22(23,24)25/h5-10,13,15H,11-12H2,1-4H3,(H,27,29). The van der Waals surface area contributed by atoms with Gasteiger partial charge in [0, 0.05) is 29.3 Å². The van der Waals surface area contributed by atoms with E-state index in [0.29, 0.717) is 22.5 Å². The highest BCUT2D eigenvalue weighted by Crippen LogP contribution is 2.22. The largest absolute Gasteiger partial charge is 0.484 e. The van der Waals surface area contributed by atoms with Crippen LogP contribution in [0.4, 0.5) is 13.2 Å². The summed E-state index contributed by atoms with van der Waals surface area (Å²) in [5.41, 5.74) is 2.10. The van der Waals surface area contributed by atoms with Crippen molar-refractivity contribution in [1.29, 1.82) is 0 Å². The highest BCUT2D eigenvalue weighted by molar-refractivity contribution is 5.95. The normalized spacial score (nSPS) is 12.5. The number of Topliss-reactive ketones (excluding diaryl/α,β-unsaturated/α-hetero) is 1. The highest BCUT2D eigenvalue weighted by Gasteiger charge is 2.28. The van der Waals surface area contributed by atoms with Crippen LogP contribution in [-0.4, -0.2) is 29.5 Å². The number of carbonyl (C=O) groups is 2. The lowest BCUT2D eigenvalue weighted by molar-refractivity contribution is -0.153. The van der Waals surface area contributed by atoms with E-state index in [4.69, 9.17) is 4.74 Å². The number of rotatable bonds is 8. The summed E-state index contributed by atoms with van der Waals surface area (Å²) in [4.78, 5) is 29.0. The molecule has 1 aromatic heterocycles. The maximum Gasteiger partial charge on any atom is 0.422 e. The van der Waals surface area contributed by atoms with Crippen LogP contribution in [0.15, 0.2) is 36.4 Å². The molecular formula is C22H25F3N2O3. The van der Waals surface area contributed by atoms with E-state index in [1.165, 1.54) is 12.1 Å².